The third-order valence-electron chi connectivity index (χ3n) is 3.03. The fraction of sp³-hybridized carbons (Fsp3) is 0.533. The van der Waals surface area contributed by atoms with Crippen LogP contribution in [0.5, 0.6) is 5.75 Å². The molecule has 0 fully saturated rings. The van der Waals surface area contributed by atoms with Crippen molar-refractivity contribution in [2.45, 2.75) is 32.7 Å². The number of nitrogens with one attached hydrogen (secondary N) is 1. The van der Waals surface area contributed by atoms with Gasteiger partial charge >= 0.3 is 5.97 Å². The minimum Gasteiger partial charge on any atom is -0.496 e. The first kappa shape index (κ1) is 15.5. The molecule has 106 valence electrons. The number of esters is 1. The van der Waals surface area contributed by atoms with Gasteiger partial charge in [0.15, 0.2) is 0 Å². The highest BCUT2D eigenvalue weighted by atomic mass is 16.5. The number of methoxy groups -OCH3 is 2. The predicted octanol–water partition coefficient (Wildman–Crippen LogP) is 2.30. The van der Waals surface area contributed by atoms with Crippen LogP contribution in [0.15, 0.2) is 18.2 Å². The molecule has 4 heteroatoms. The van der Waals surface area contributed by atoms with Crippen LogP contribution >= 0.6 is 0 Å². The molecule has 0 atom stereocenters. The van der Waals surface area contributed by atoms with Gasteiger partial charge in [-0.3, -0.25) is 4.79 Å². The topological polar surface area (TPSA) is 47.6 Å². The highest BCUT2D eigenvalue weighted by Crippen LogP contribution is 2.20. The van der Waals surface area contributed by atoms with Gasteiger partial charge in [0, 0.05) is 18.5 Å². The maximum atomic E-state index is 11.0. The smallest absolute Gasteiger partial charge is 0.305 e. The Bertz CT molecular complexity index is 404. The Morgan fingerprint density at radius 2 is 2.11 bits per heavy atom. The van der Waals surface area contributed by atoms with E-state index in [-0.39, 0.29) is 5.97 Å². The number of aryl methyl sites for hydroxylation is 1. The van der Waals surface area contributed by atoms with E-state index >= 15 is 0 Å². The Kier molecular flexibility index (Phi) is 6.97. The highest BCUT2D eigenvalue weighted by molar-refractivity contribution is 5.69. The molecule has 19 heavy (non-hydrogen) atoms. The van der Waals surface area contributed by atoms with E-state index in [1.165, 1.54) is 12.7 Å². The van der Waals surface area contributed by atoms with E-state index in [4.69, 9.17) is 4.74 Å². The van der Waals surface area contributed by atoms with Crippen molar-refractivity contribution in [3.63, 3.8) is 0 Å². The van der Waals surface area contributed by atoms with E-state index in [1.807, 2.05) is 6.07 Å². The van der Waals surface area contributed by atoms with E-state index in [0.29, 0.717) is 6.42 Å². The van der Waals surface area contributed by atoms with Gasteiger partial charge in [0.1, 0.15) is 5.75 Å². The largest absolute Gasteiger partial charge is 0.496 e. The first-order valence-electron chi connectivity index (χ1n) is 6.64. The van der Waals surface area contributed by atoms with Gasteiger partial charge in [-0.25, -0.2) is 0 Å². The van der Waals surface area contributed by atoms with E-state index in [2.05, 4.69) is 29.1 Å². The second kappa shape index (κ2) is 8.53. The van der Waals surface area contributed by atoms with Crippen LogP contribution in [0.3, 0.4) is 0 Å². The zero-order valence-corrected chi connectivity index (χ0v) is 12.0. The molecule has 0 saturated heterocycles. The van der Waals surface area contributed by atoms with Gasteiger partial charge in [0.2, 0.25) is 0 Å². The van der Waals surface area contributed by atoms with Crippen molar-refractivity contribution < 1.29 is 14.3 Å². The molecule has 0 aliphatic rings. The fourth-order valence-electron chi connectivity index (χ4n) is 1.87. The molecule has 1 aromatic rings. The number of rotatable bonds is 8. The minimum atomic E-state index is -0.160. The summed E-state index contributed by atoms with van der Waals surface area (Å²) >= 11 is 0. The Morgan fingerprint density at radius 3 is 2.74 bits per heavy atom. The molecule has 0 spiro atoms. The summed E-state index contributed by atoms with van der Waals surface area (Å²) in [5.74, 6) is 0.741. The van der Waals surface area contributed by atoms with Crippen LogP contribution in [0.4, 0.5) is 0 Å². The van der Waals surface area contributed by atoms with Gasteiger partial charge in [-0.15, -0.1) is 0 Å². The number of benzene rings is 1. The lowest BCUT2D eigenvalue weighted by molar-refractivity contribution is -0.140. The van der Waals surface area contributed by atoms with Crippen molar-refractivity contribution in [1.29, 1.82) is 0 Å². The lowest BCUT2D eigenvalue weighted by atomic mass is 10.1. The maximum Gasteiger partial charge on any atom is 0.305 e. The zero-order valence-electron chi connectivity index (χ0n) is 12.0. The molecule has 0 aliphatic heterocycles. The van der Waals surface area contributed by atoms with Crippen LogP contribution in [0.2, 0.25) is 0 Å². The second-order valence-corrected chi connectivity index (χ2v) is 4.36. The van der Waals surface area contributed by atoms with E-state index in [1.54, 1.807) is 7.11 Å². The van der Waals surface area contributed by atoms with Gasteiger partial charge in [-0.2, -0.15) is 0 Å². The molecular weight excluding hydrogens is 242 g/mol. The van der Waals surface area contributed by atoms with E-state index in [0.717, 1.165) is 37.2 Å². The van der Waals surface area contributed by atoms with Gasteiger partial charge in [0.25, 0.3) is 0 Å². The van der Waals surface area contributed by atoms with Crippen molar-refractivity contribution in [3.8, 4) is 5.75 Å². The normalized spacial score (nSPS) is 10.3. The lowest BCUT2D eigenvalue weighted by Crippen LogP contribution is -2.16. The Labute approximate surface area is 115 Å². The Balaban J connectivity index is 2.41. The third kappa shape index (κ3) is 5.30. The minimum absolute atomic E-state index is 0.160. The van der Waals surface area contributed by atoms with Crippen molar-refractivity contribution in [2.24, 2.45) is 0 Å². The first-order chi connectivity index (χ1) is 9.21. The lowest BCUT2D eigenvalue weighted by Gasteiger charge is -2.11. The first-order valence-corrected chi connectivity index (χ1v) is 6.64. The molecule has 1 rings (SSSR count). The zero-order chi connectivity index (χ0) is 14.1. The average molecular weight is 265 g/mol. The molecule has 0 amide bonds. The van der Waals surface area contributed by atoms with Crippen LogP contribution in [0.25, 0.3) is 0 Å². The van der Waals surface area contributed by atoms with Gasteiger partial charge in [0.05, 0.1) is 14.2 Å². The van der Waals surface area contributed by atoms with Crippen LogP contribution in [-0.2, 0) is 22.5 Å². The Morgan fingerprint density at radius 1 is 1.32 bits per heavy atom. The molecule has 0 saturated carbocycles. The van der Waals surface area contributed by atoms with Crippen LogP contribution in [-0.4, -0.2) is 26.7 Å². The van der Waals surface area contributed by atoms with Crippen LogP contribution in [0, 0.1) is 0 Å². The molecule has 0 aliphatic carbocycles. The summed E-state index contributed by atoms with van der Waals surface area (Å²) in [5, 5.41) is 3.32. The summed E-state index contributed by atoms with van der Waals surface area (Å²) in [6, 6.07) is 6.25. The second-order valence-electron chi connectivity index (χ2n) is 4.36. The van der Waals surface area contributed by atoms with Crippen molar-refractivity contribution in [1.82, 2.24) is 5.32 Å². The van der Waals surface area contributed by atoms with Gasteiger partial charge in [-0.1, -0.05) is 19.1 Å². The predicted molar refractivity (Wildman–Crippen MR) is 75.3 cm³/mol. The number of carbonyl (C=O) groups is 1. The fourth-order valence-corrected chi connectivity index (χ4v) is 1.87. The molecule has 1 aromatic carbocycles. The van der Waals surface area contributed by atoms with Crippen LogP contribution in [0.1, 0.15) is 30.9 Å². The summed E-state index contributed by atoms with van der Waals surface area (Å²) in [4.78, 5) is 11.0. The molecule has 0 heterocycles. The molecule has 0 bridgehead atoms. The van der Waals surface area contributed by atoms with E-state index in [9.17, 15) is 4.79 Å². The molecule has 0 radical (unpaired) electrons. The number of carbonyl (C=O) groups excluding carboxylic acids is 1. The quantitative estimate of drug-likeness (QED) is 0.579. The van der Waals surface area contributed by atoms with Gasteiger partial charge < -0.3 is 14.8 Å². The molecule has 0 unspecified atom stereocenters. The summed E-state index contributed by atoms with van der Waals surface area (Å²) < 4.78 is 9.94. The van der Waals surface area contributed by atoms with Crippen molar-refractivity contribution in [3.05, 3.63) is 29.3 Å². The highest BCUT2D eigenvalue weighted by Gasteiger charge is 2.04. The number of hydrogen-bond acceptors (Lipinski definition) is 4. The summed E-state index contributed by atoms with van der Waals surface area (Å²) in [6.07, 6.45) is 2.25. The van der Waals surface area contributed by atoms with Gasteiger partial charge in [-0.05, 0) is 31.0 Å². The van der Waals surface area contributed by atoms with Crippen molar-refractivity contribution >= 4 is 5.97 Å². The summed E-state index contributed by atoms with van der Waals surface area (Å²) in [7, 11) is 3.10. The Hall–Kier alpha value is -1.55. The van der Waals surface area contributed by atoms with Crippen LogP contribution < -0.4 is 10.1 Å². The summed E-state index contributed by atoms with van der Waals surface area (Å²) in [5.41, 5.74) is 2.45. The van der Waals surface area contributed by atoms with Crippen molar-refractivity contribution in [2.75, 3.05) is 20.8 Å². The standard InChI is InChI=1S/C15H23NO3/c1-4-12-7-8-14(18-2)13(10-12)11-16-9-5-6-15(17)19-3/h7-8,10,16H,4-6,9,11H2,1-3H3. The monoisotopic (exact) mass is 265 g/mol. The average Bonchev–Trinajstić information content (AvgIpc) is 2.46. The molecular formula is C15H23NO3. The van der Waals surface area contributed by atoms with E-state index < -0.39 is 0 Å². The molecule has 1 N–H and O–H groups in total. The maximum absolute atomic E-state index is 11.0. The molecule has 0 aromatic heterocycles. The number of ether oxygens (including phenoxy) is 2. The third-order valence-corrected chi connectivity index (χ3v) is 3.03. The SMILES string of the molecule is CCc1ccc(OC)c(CNCCCC(=O)OC)c1. The summed E-state index contributed by atoms with van der Waals surface area (Å²) in [6.45, 7) is 3.67. The molecule has 4 nitrogen and oxygen atoms in total. The number of hydrogen-bond donors (Lipinski definition) is 1.